The number of benzene rings is 1. The summed E-state index contributed by atoms with van der Waals surface area (Å²) >= 11 is 0. The lowest BCUT2D eigenvalue weighted by atomic mass is 10.1. The number of ether oxygens (including phenoxy) is 2. The fraction of sp³-hybridized carbons (Fsp3) is 0.526. The highest BCUT2D eigenvalue weighted by molar-refractivity contribution is 5.66. The number of hydrogen-bond acceptors (Lipinski definition) is 3. The van der Waals surface area contributed by atoms with Crippen molar-refractivity contribution < 1.29 is 14.3 Å². The van der Waals surface area contributed by atoms with Gasteiger partial charge < -0.3 is 9.47 Å². The van der Waals surface area contributed by atoms with Gasteiger partial charge in [0.15, 0.2) is 0 Å². The first-order chi connectivity index (χ1) is 10.4. The third-order valence-electron chi connectivity index (χ3n) is 3.27. The van der Waals surface area contributed by atoms with Crippen LogP contribution >= 0.6 is 0 Å². The second kappa shape index (κ2) is 9.42. The number of carbonyl (C=O) groups excluding carboxylic acids is 1. The molecule has 122 valence electrons. The second-order valence-electron chi connectivity index (χ2n) is 6.03. The molecule has 1 unspecified atom stereocenters. The minimum atomic E-state index is -0.605. The lowest BCUT2D eigenvalue weighted by molar-refractivity contribution is -0.149. The molecular weight excluding hydrogens is 276 g/mol. The summed E-state index contributed by atoms with van der Waals surface area (Å²) in [6.07, 6.45) is 7.18. The van der Waals surface area contributed by atoms with Gasteiger partial charge >= 0.3 is 5.97 Å². The van der Waals surface area contributed by atoms with Crippen molar-refractivity contribution in [2.24, 2.45) is 0 Å². The largest absolute Gasteiger partial charge is 0.456 e. The van der Waals surface area contributed by atoms with Crippen LogP contribution in [0.15, 0.2) is 42.5 Å². The number of rotatable bonds is 9. The van der Waals surface area contributed by atoms with Crippen molar-refractivity contribution in [3.8, 4) is 0 Å². The number of hydrogen-bond donors (Lipinski definition) is 0. The monoisotopic (exact) mass is 304 g/mol. The molecule has 1 aromatic rings. The Morgan fingerprint density at radius 3 is 2.55 bits per heavy atom. The van der Waals surface area contributed by atoms with Gasteiger partial charge in [-0.3, -0.25) is 4.79 Å². The van der Waals surface area contributed by atoms with Gasteiger partial charge in [0, 0.05) is 6.92 Å². The Labute approximate surface area is 134 Å². The average Bonchev–Trinajstić information content (AvgIpc) is 2.46. The first-order valence-electron chi connectivity index (χ1n) is 7.97. The summed E-state index contributed by atoms with van der Waals surface area (Å²) in [6.45, 7) is 7.93. The van der Waals surface area contributed by atoms with Crippen molar-refractivity contribution in [1.82, 2.24) is 0 Å². The van der Waals surface area contributed by atoms with E-state index in [0.29, 0.717) is 6.61 Å². The molecule has 0 heterocycles. The summed E-state index contributed by atoms with van der Waals surface area (Å²) in [5.41, 5.74) is 0.559. The molecule has 1 rings (SSSR count). The van der Waals surface area contributed by atoms with Gasteiger partial charge in [-0.2, -0.15) is 0 Å². The van der Waals surface area contributed by atoms with Gasteiger partial charge in [-0.05, 0) is 31.9 Å². The Hall–Kier alpha value is -1.61. The van der Waals surface area contributed by atoms with Crippen molar-refractivity contribution in [3.63, 3.8) is 0 Å². The summed E-state index contributed by atoms with van der Waals surface area (Å²) in [5, 5.41) is 0. The molecule has 0 aliphatic rings. The van der Waals surface area contributed by atoms with E-state index >= 15 is 0 Å². The highest BCUT2D eigenvalue weighted by Crippen LogP contribution is 2.16. The maximum atomic E-state index is 11.1. The molecule has 0 bridgehead atoms. The van der Waals surface area contributed by atoms with Crippen LogP contribution in [0.5, 0.6) is 0 Å². The molecule has 0 aromatic heterocycles. The molecule has 1 atom stereocenters. The summed E-state index contributed by atoms with van der Waals surface area (Å²) in [7, 11) is 0. The molecule has 0 saturated heterocycles. The Morgan fingerprint density at radius 1 is 1.27 bits per heavy atom. The van der Waals surface area contributed by atoms with Gasteiger partial charge in [-0.1, -0.05) is 56.2 Å². The second-order valence-corrected chi connectivity index (χ2v) is 6.03. The van der Waals surface area contributed by atoms with Crippen molar-refractivity contribution >= 4 is 5.97 Å². The fourth-order valence-electron chi connectivity index (χ4n) is 2.16. The van der Waals surface area contributed by atoms with Crippen molar-refractivity contribution in [1.29, 1.82) is 0 Å². The maximum Gasteiger partial charge on any atom is 0.303 e. The summed E-state index contributed by atoms with van der Waals surface area (Å²) in [6, 6.07) is 10.1. The lowest BCUT2D eigenvalue weighted by Gasteiger charge is -2.22. The van der Waals surface area contributed by atoms with E-state index in [1.807, 2.05) is 44.2 Å². The van der Waals surface area contributed by atoms with Gasteiger partial charge in [0.05, 0.1) is 12.7 Å². The molecule has 1 aromatic carbocycles. The Morgan fingerprint density at radius 2 is 1.95 bits per heavy atom. The third-order valence-corrected chi connectivity index (χ3v) is 3.27. The first-order valence-corrected chi connectivity index (χ1v) is 7.97. The number of unbranched alkanes of at least 4 members (excludes halogenated alkanes) is 1. The van der Waals surface area contributed by atoms with E-state index in [1.54, 1.807) is 0 Å². The predicted octanol–water partition coefficient (Wildman–Crippen LogP) is 4.66. The number of carbonyl (C=O) groups is 1. The molecule has 0 saturated carbocycles. The maximum absolute atomic E-state index is 11.1. The quantitative estimate of drug-likeness (QED) is 0.491. The lowest BCUT2D eigenvalue weighted by Crippen LogP contribution is -2.25. The standard InChI is InChI=1S/C19H28O3/c1-5-6-12-18(13-14-19(3,4)22-16(2)20)21-15-17-10-8-7-9-11-17/h7-11,13-14,18H,5-6,12,15H2,1-4H3/b14-13+. The van der Waals surface area contributed by atoms with Crippen molar-refractivity contribution in [3.05, 3.63) is 48.0 Å². The van der Waals surface area contributed by atoms with Gasteiger partial charge in [0.1, 0.15) is 5.60 Å². The minimum Gasteiger partial charge on any atom is -0.456 e. The van der Waals surface area contributed by atoms with E-state index in [1.165, 1.54) is 6.92 Å². The zero-order chi connectivity index (χ0) is 16.4. The van der Waals surface area contributed by atoms with Crippen LogP contribution in [0.4, 0.5) is 0 Å². The van der Waals surface area contributed by atoms with E-state index in [2.05, 4.69) is 19.1 Å². The molecule has 0 radical (unpaired) electrons. The molecule has 0 aliphatic carbocycles. The van der Waals surface area contributed by atoms with Gasteiger partial charge in [0.2, 0.25) is 0 Å². The predicted molar refractivity (Wildman–Crippen MR) is 89.5 cm³/mol. The van der Waals surface area contributed by atoms with E-state index in [0.717, 1.165) is 24.8 Å². The summed E-state index contributed by atoms with van der Waals surface area (Å²) < 4.78 is 11.3. The zero-order valence-electron chi connectivity index (χ0n) is 14.2. The molecule has 3 nitrogen and oxygen atoms in total. The van der Waals surface area contributed by atoms with Crippen LogP contribution in [0.25, 0.3) is 0 Å². The molecule has 0 amide bonds. The smallest absolute Gasteiger partial charge is 0.303 e. The molecular formula is C19H28O3. The van der Waals surface area contributed by atoms with Crippen LogP contribution < -0.4 is 0 Å². The van der Waals surface area contributed by atoms with Gasteiger partial charge in [0.25, 0.3) is 0 Å². The van der Waals surface area contributed by atoms with Crippen molar-refractivity contribution in [2.75, 3.05) is 0 Å². The van der Waals surface area contributed by atoms with E-state index in [-0.39, 0.29) is 12.1 Å². The number of esters is 1. The molecule has 0 spiro atoms. The van der Waals surface area contributed by atoms with Gasteiger partial charge in [-0.25, -0.2) is 0 Å². The zero-order valence-corrected chi connectivity index (χ0v) is 14.2. The minimum absolute atomic E-state index is 0.0370. The van der Waals surface area contributed by atoms with E-state index in [4.69, 9.17) is 9.47 Å². The van der Waals surface area contributed by atoms with E-state index in [9.17, 15) is 4.79 Å². The SMILES string of the molecule is CCCCC(/C=C/C(C)(C)OC(C)=O)OCc1ccccc1. The normalized spacial score (nSPS) is 13.3. The third kappa shape index (κ3) is 7.99. The molecule has 22 heavy (non-hydrogen) atoms. The van der Waals surface area contributed by atoms with Crippen LogP contribution in [-0.2, 0) is 20.9 Å². The Kier molecular flexibility index (Phi) is 7.89. The summed E-state index contributed by atoms with van der Waals surface area (Å²) in [5.74, 6) is -0.273. The van der Waals surface area contributed by atoms with Gasteiger partial charge in [-0.15, -0.1) is 0 Å². The van der Waals surface area contributed by atoms with Crippen LogP contribution in [0, 0.1) is 0 Å². The molecule has 0 fully saturated rings. The highest BCUT2D eigenvalue weighted by atomic mass is 16.6. The Balaban J connectivity index is 2.61. The first kappa shape index (κ1) is 18.4. The molecule has 0 N–H and O–H groups in total. The average molecular weight is 304 g/mol. The fourth-order valence-corrected chi connectivity index (χ4v) is 2.16. The van der Waals surface area contributed by atoms with Crippen LogP contribution in [0.3, 0.4) is 0 Å². The highest BCUT2D eigenvalue weighted by Gasteiger charge is 2.18. The molecule has 3 heteroatoms. The topological polar surface area (TPSA) is 35.5 Å². The van der Waals surface area contributed by atoms with E-state index < -0.39 is 5.60 Å². The van der Waals surface area contributed by atoms with Crippen LogP contribution in [0.1, 0.15) is 52.5 Å². The van der Waals surface area contributed by atoms with Crippen LogP contribution in [-0.4, -0.2) is 17.7 Å². The Bertz CT molecular complexity index is 463. The molecule has 0 aliphatic heterocycles. The summed E-state index contributed by atoms with van der Waals surface area (Å²) in [4.78, 5) is 11.1. The van der Waals surface area contributed by atoms with Crippen LogP contribution in [0.2, 0.25) is 0 Å². The van der Waals surface area contributed by atoms with Crippen molar-refractivity contribution in [2.45, 2.75) is 65.3 Å².